The number of alkyl carbamates (subject to hydrolysis) is 1. The van der Waals surface area contributed by atoms with Crippen molar-refractivity contribution in [1.82, 2.24) is 15.2 Å². The molecule has 0 spiro atoms. The number of rotatable bonds is 8. The van der Waals surface area contributed by atoms with Crippen molar-refractivity contribution >= 4 is 50.4 Å². The highest BCUT2D eigenvalue weighted by molar-refractivity contribution is 9.10. The normalized spacial score (nSPS) is 16.9. The number of para-hydroxylation sites is 1. The molecule has 1 aliphatic heterocycles. The Hall–Kier alpha value is -4.64. The van der Waals surface area contributed by atoms with Crippen LogP contribution >= 0.6 is 15.9 Å². The zero-order valence-electron chi connectivity index (χ0n) is 28.9. The van der Waals surface area contributed by atoms with E-state index in [1.807, 2.05) is 93.6 Å². The number of hydrogen-bond acceptors (Lipinski definition) is 7. The number of anilines is 1. The van der Waals surface area contributed by atoms with Crippen LogP contribution in [0.4, 0.5) is 10.5 Å². The van der Waals surface area contributed by atoms with Gasteiger partial charge in [-0.15, -0.1) is 0 Å². The molecule has 2 N–H and O–H groups in total. The van der Waals surface area contributed by atoms with Crippen molar-refractivity contribution < 1.29 is 28.6 Å². The van der Waals surface area contributed by atoms with Crippen LogP contribution in [0, 0.1) is 5.41 Å². The first-order chi connectivity index (χ1) is 23.1. The number of carbonyl (C=O) groups is 3. The van der Waals surface area contributed by atoms with E-state index in [1.54, 1.807) is 33.9 Å². The maximum absolute atomic E-state index is 14.4. The molecule has 1 saturated heterocycles. The second-order valence-electron chi connectivity index (χ2n) is 14.2. The largest absolute Gasteiger partial charge is 0.497 e. The van der Waals surface area contributed by atoms with Gasteiger partial charge in [0.25, 0.3) is 0 Å². The number of hydrogen-bond donors (Lipinski definition) is 2. The summed E-state index contributed by atoms with van der Waals surface area (Å²) in [5, 5.41) is 6.52. The predicted molar refractivity (Wildman–Crippen MR) is 194 cm³/mol. The van der Waals surface area contributed by atoms with E-state index in [4.69, 9.17) is 19.2 Å². The number of aromatic nitrogens is 1. The van der Waals surface area contributed by atoms with Gasteiger partial charge in [0.05, 0.1) is 30.6 Å². The molecule has 1 fully saturated rings. The van der Waals surface area contributed by atoms with Gasteiger partial charge in [0, 0.05) is 34.0 Å². The highest BCUT2D eigenvalue weighted by Gasteiger charge is 2.46. The van der Waals surface area contributed by atoms with Crippen molar-refractivity contribution in [2.75, 3.05) is 19.0 Å². The lowest BCUT2D eigenvalue weighted by Gasteiger charge is -2.35. The number of ether oxygens (including phenoxy) is 3. The van der Waals surface area contributed by atoms with E-state index in [2.05, 4.69) is 26.6 Å². The van der Waals surface area contributed by atoms with Gasteiger partial charge in [-0.2, -0.15) is 0 Å². The molecular weight excluding hydrogens is 688 g/mol. The van der Waals surface area contributed by atoms with Gasteiger partial charge in [-0.1, -0.05) is 63.2 Å². The summed E-state index contributed by atoms with van der Waals surface area (Å²) in [4.78, 5) is 47.7. The van der Waals surface area contributed by atoms with Crippen LogP contribution in [-0.4, -0.2) is 65.2 Å². The molecule has 0 aliphatic carbocycles. The topological polar surface area (TPSA) is 119 Å². The number of halogens is 1. The molecule has 10 nitrogen and oxygen atoms in total. The van der Waals surface area contributed by atoms with Crippen LogP contribution in [0.1, 0.15) is 48.0 Å². The Morgan fingerprint density at radius 2 is 1.63 bits per heavy atom. The summed E-state index contributed by atoms with van der Waals surface area (Å²) in [6.45, 7) is 10.9. The Morgan fingerprint density at radius 1 is 0.939 bits per heavy atom. The Balaban J connectivity index is 1.50. The molecule has 3 aromatic carbocycles. The van der Waals surface area contributed by atoms with E-state index in [9.17, 15) is 14.4 Å². The Kier molecular flexibility index (Phi) is 10.5. The first kappa shape index (κ1) is 35.7. The van der Waals surface area contributed by atoms with Crippen LogP contribution in [0.15, 0.2) is 83.3 Å². The summed E-state index contributed by atoms with van der Waals surface area (Å²) < 4.78 is 18.4. The van der Waals surface area contributed by atoms with Crippen molar-refractivity contribution in [2.45, 2.75) is 71.8 Å². The minimum absolute atomic E-state index is 0.107. The summed E-state index contributed by atoms with van der Waals surface area (Å²) in [6.07, 6.45) is -1.06. The maximum Gasteiger partial charge on any atom is 0.408 e. The molecule has 4 aromatic rings. The van der Waals surface area contributed by atoms with Gasteiger partial charge in [-0.05, 0) is 66.4 Å². The highest BCUT2D eigenvalue weighted by Crippen LogP contribution is 2.35. The van der Waals surface area contributed by atoms with Crippen molar-refractivity contribution in [1.29, 1.82) is 0 Å². The fourth-order valence-corrected chi connectivity index (χ4v) is 6.11. The van der Waals surface area contributed by atoms with Crippen molar-refractivity contribution in [3.63, 3.8) is 0 Å². The molecule has 0 radical (unpaired) electrons. The molecule has 1 aromatic heterocycles. The lowest BCUT2D eigenvalue weighted by molar-refractivity contribution is -0.140. The number of fused-ring (bicyclic) bond motifs is 1. The summed E-state index contributed by atoms with van der Waals surface area (Å²) in [5.41, 5.74) is 1.40. The molecule has 0 unspecified atom stereocenters. The third-order valence-electron chi connectivity index (χ3n) is 8.10. The van der Waals surface area contributed by atoms with Gasteiger partial charge < -0.3 is 29.7 Å². The molecule has 3 atom stereocenters. The minimum Gasteiger partial charge on any atom is -0.497 e. The van der Waals surface area contributed by atoms with E-state index in [1.165, 1.54) is 4.90 Å². The van der Waals surface area contributed by atoms with E-state index in [0.29, 0.717) is 32.9 Å². The van der Waals surface area contributed by atoms with Gasteiger partial charge in [0.1, 0.15) is 35.3 Å². The monoisotopic (exact) mass is 730 g/mol. The number of nitrogens with one attached hydrogen (secondary N) is 2. The summed E-state index contributed by atoms with van der Waals surface area (Å²) >= 11 is 3.50. The number of likely N-dealkylation sites (tertiary alicyclic amines) is 1. The van der Waals surface area contributed by atoms with Crippen LogP contribution in [-0.2, 0) is 14.3 Å². The van der Waals surface area contributed by atoms with Gasteiger partial charge in [0.15, 0.2) is 0 Å². The Labute approximate surface area is 295 Å². The van der Waals surface area contributed by atoms with Crippen LogP contribution < -0.4 is 20.1 Å². The third kappa shape index (κ3) is 8.70. The fourth-order valence-electron chi connectivity index (χ4n) is 5.73. The maximum atomic E-state index is 14.4. The Bertz CT molecular complexity index is 1840. The second-order valence-corrected chi connectivity index (χ2v) is 15.0. The molecule has 0 bridgehead atoms. The number of pyridine rings is 1. The molecule has 1 aliphatic rings. The lowest BCUT2D eigenvalue weighted by Crippen LogP contribution is -2.57. The highest BCUT2D eigenvalue weighted by atomic mass is 79.9. The van der Waals surface area contributed by atoms with Crippen LogP contribution in [0.3, 0.4) is 0 Å². The molecular formula is C38H43BrN4O6. The van der Waals surface area contributed by atoms with Gasteiger partial charge in [-0.25, -0.2) is 9.78 Å². The number of amides is 3. The summed E-state index contributed by atoms with van der Waals surface area (Å²) in [7, 11) is 1.60. The second kappa shape index (κ2) is 14.5. The minimum atomic E-state index is -0.987. The number of nitrogens with zero attached hydrogens (tertiary/aromatic N) is 2. The molecule has 2 heterocycles. The lowest BCUT2D eigenvalue weighted by atomic mass is 9.85. The summed E-state index contributed by atoms with van der Waals surface area (Å²) in [5.74, 6) is 0.440. The van der Waals surface area contributed by atoms with Crippen molar-refractivity contribution in [3.8, 4) is 22.8 Å². The molecule has 11 heteroatoms. The zero-order chi connectivity index (χ0) is 35.5. The van der Waals surface area contributed by atoms with Crippen molar-refractivity contribution in [3.05, 3.63) is 83.3 Å². The summed E-state index contributed by atoms with van der Waals surface area (Å²) in [6, 6.07) is 22.6. The average molecular weight is 732 g/mol. The quantitative estimate of drug-likeness (QED) is 0.192. The fraction of sp³-hybridized carbons (Fsp3) is 0.368. The standard InChI is InChI=1S/C38H43BrN4O6/c1-37(2,3)33(42-36(46)49-38(4,5)6)35(45)43-22-25(20-31(43)34(44)41-28-16-12-11-15-27(28)39)48-32-21-29(23-13-9-8-10-14-23)40-30-19-24(47-7)17-18-26(30)32/h8-19,21,25,31,33H,20,22H2,1-7H3,(H,41,44)(H,42,46)/t25-,31+,33-/m1/s1. The molecule has 5 rings (SSSR count). The number of methoxy groups -OCH3 is 1. The SMILES string of the molecule is COc1ccc2c(O[C@@H]3C[C@@H](C(=O)Nc4ccccc4Br)N(C(=O)[C@@H](NC(=O)OC(C)(C)C)C(C)(C)C)C3)cc(-c3ccccc3)nc2c1. The third-order valence-corrected chi connectivity index (χ3v) is 8.79. The predicted octanol–water partition coefficient (Wildman–Crippen LogP) is 7.60. The van der Waals surface area contributed by atoms with Crippen LogP contribution in [0.5, 0.6) is 11.5 Å². The van der Waals surface area contributed by atoms with E-state index < -0.39 is 41.2 Å². The molecule has 49 heavy (non-hydrogen) atoms. The first-order valence-electron chi connectivity index (χ1n) is 16.2. The van der Waals surface area contributed by atoms with Gasteiger partial charge in [0.2, 0.25) is 11.8 Å². The van der Waals surface area contributed by atoms with E-state index in [-0.39, 0.29) is 18.9 Å². The first-order valence-corrected chi connectivity index (χ1v) is 17.0. The van der Waals surface area contributed by atoms with E-state index in [0.717, 1.165) is 10.9 Å². The zero-order valence-corrected chi connectivity index (χ0v) is 30.5. The molecule has 0 saturated carbocycles. The molecule has 258 valence electrons. The van der Waals surface area contributed by atoms with Gasteiger partial charge in [-0.3, -0.25) is 9.59 Å². The average Bonchev–Trinajstić information content (AvgIpc) is 3.47. The Morgan fingerprint density at radius 3 is 2.29 bits per heavy atom. The van der Waals surface area contributed by atoms with Gasteiger partial charge >= 0.3 is 6.09 Å². The number of benzene rings is 3. The number of carbonyl (C=O) groups excluding carboxylic acids is 3. The van der Waals surface area contributed by atoms with Crippen LogP contribution in [0.2, 0.25) is 0 Å². The smallest absolute Gasteiger partial charge is 0.408 e. The van der Waals surface area contributed by atoms with E-state index >= 15 is 0 Å². The molecule has 3 amide bonds. The van der Waals surface area contributed by atoms with Crippen LogP contribution in [0.25, 0.3) is 22.2 Å². The van der Waals surface area contributed by atoms with Crippen molar-refractivity contribution in [2.24, 2.45) is 5.41 Å².